The van der Waals surface area contributed by atoms with Crippen LogP contribution in [0.15, 0.2) is 18.3 Å². The van der Waals surface area contributed by atoms with Crippen LogP contribution in [0.25, 0.3) is 0 Å². The van der Waals surface area contributed by atoms with Crippen molar-refractivity contribution in [2.45, 2.75) is 12.5 Å². The van der Waals surface area contributed by atoms with Crippen LogP contribution in [0.4, 0.5) is 0 Å². The van der Waals surface area contributed by atoms with E-state index in [1.54, 1.807) is 18.3 Å². The van der Waals surface area contributed by atoms with Crippen LogP contribution in [0.1, 0.15) is 16.8 Å². The summed E-state index contributed by atoms with van der Waals surface area (Å²) in [6.45, 7) is -0.202. The summed E-state index contributed by atoms with van der Waals surface area (Å²) in [5.41, 5.74) is 5.31. The van der Waals surface area contributed by atoms with Crippen LogP contribution in [-0.4, -0.2) is 41.0 Å². The number of hydrogen-bond acceptors (Lipinski definition) is 5. The van der Waals surface area contributed by atoms with E-state index in [2.05, 4.69) is 10.3 Å². The van der Waals surface area contributed by atoms with Crippen LogP contribution in [0, 0.1) is 0 Å². The third-order valence-corrected chi connectivity index (χ3v) is 3.74. The first-order valence-corrected chi connectivity index (χ1v) is 7.08. The predicted molar refractivity (Wildman–Crippen MR) is 72.1 cm³/mol. The lowest BCUT2D eigenvalue weighted by atomic mass is 10.2. The molecule has 0 spiro atoms. The quantitative estimate of drug-likeness (QED) is 0.803. The molecule has 19 heavy (non-hydrogen) atoms. The largest absolute Gasteiger partial charge is 0.473 e. The summed E-state index contributed by atoms with van der Waals surface area (Å²) < 4.78 is 5.73. The number of carbonyl (C=O) groups excluding carboxylic acids is 2. The fourth-order valence-electron chi connectivity index (χ4n) is 1.68. The monoisotopic (exact) mass is 281 g/mol. The van der Waals surface area contributed by atoms with Gasteiger partial charge >= 0.3 is 0 Å². The maximum Gasteiger partial charge on any atom is 0.257 e. The number of carbonyl (C=O) groups is 2. The molecule has 6 nitrogen and oxygen atoms in total. The van der Waals surface area contributed by atoms with E-state index in [0.29, 0.717) is 11.4 Å². The normalized spacial score (nSPS) is 18.0. The van der Waals surface area contributed by atoms with E-state index in [4.69, 9.17) is 10.5 Å². The zero-order valence-electron chi connectivity index (χ0n) is 10.3. The zero-order chi connectivity index (χ0) is 13.7. The van der Waals surface area contributed by atoms with E-state index in [1.807, 2.05) is 11.8 Å². The summed E-state index contributed by atoms with van der Waals surface area (Å²) in [7, 11) is 0. The van der Waals surface area contributed by atoms with E-state index >= 15 is 0 Å². The molecule has 1 fully saturated rings. The van der Waals surface area contributed by atoms with E-state index in [9.17, 15) is 9.59 Å². The Kier molecular flexibility index (Phi) is 4.62. The minimum atomic E-state index is -0.591. The van der Waals surface area contributed by atoms with Gasteiger partial charge in [-0.2, -0.15) is 11.8 Å². The molecule has 1 atom stereocenters. The fraction of sp³-hybridized carbons (Fsp3) is 0.417. The van der Waals surface area contributed by atoms with Crippen LogP contribution in [-0.2, 0) is 4.79 Å². The lowest BCUT2D eigenvalue weighted by Gasteiger charge is -2.14. The Morgan fingerprint density at radius 2 is 2.42 bits per heavy atom. The predicted octanol–water partition coefficient (Wildman–Crippen LogP) is 0.181. The standard InChI is InChI=1S/C12H15N3O3S/c13-10(16)6-15-11(17)9-2-1-4-14-12(9)18-8-3-5-19-7-8/h1-2,4,8H,3,5-7H2,(H2,13,16)(H,15,17). The Morgan fingerprint density at radius 1 is 1.58 bits per heavy atom. The average Bonchev–Trinajstić information content (AvgIpc) is 2.89. The minimum Gasteiger partial charge on any atom is -0.473 e. The van der Waals surface area contributed by atoms with E-state index in [0.717, 1.165) is 17.9 Å². The Balaban J connectivity index is 2.06. The highest BCUT2D eigenvalue weighted by Crippen LogP contribution is 2.24. The second-order valence-electron chi connectivity index (χ2n) is 4.11. The van der Waals surface area contributed by atoms with E-state index in [-0.39, 0.29) is 12.6 Å². The number of nitrogens with two attached hydrogens (primary N) is 1. The number of ether oxygens (including phenoxy) is 1. The maximum atomic E-state index is 11.9. The molecule has 2 rings (SSSR count). The SMILES string of the molecule is NC(=O)CNC(=O)c1cccnc1OC1CCSC1. The summed E-state index contributed by atoms with van der Waals surface area (Å²) >= 11 is 1.82. The van der Waals surface area contributed by atoms with Gasteiger partial charge in [0.15, 0.2) is 0 Å². The number of rotatable bonds is 5. The number of nitrogens with one attached hydrogen (secondary N) is 1. The molecule has 0 aliphatic carbocycles. The molecule has 2 heterocycles. The number of hydrogen-bond donors (Lipinski definition) is 2. The summed E-state index contributed by atoms with van der Waals surface area (Å²) in [6.07, 6.45) is 2.61. The molecule has 1 aromatic heterocycles. The van der Waals surface area contributed by atoms with Gasteiger partial charge < -0.3 is 15.8 Å². The third kappa shape index (κ3) is 3.85. The van der Waals surface area contributed by atoms with Crippen molar-refractivity contribution < 1.29 is 14.3 Å². The number of thioether (sulfide) groups is 1. The Bertz CT molecular complexity index is 475. The highest BCUT2D eigenvalue weighted by molar-refractivity contribution is 7.99. The lowest BCUT2D eigenvalue weighted by molar-refractivity contribution is -0.117. The van der Waals surface area contributed by atoms with Crippen molar-refractivity contribution >= 4 is 23.6 Å². The molecule has 0 radical (unpaired) electrons. The second-order valence-corrected chi connectivity index (χ2v) is 5.26. The lowest BCUT2D eigenvalue weighted by Crippen LogP contribution is -2.33. The minimum absolute atomic E-state index is 0.0857. The molecule has 1 saturated heterocycles. The fourth-order valence-corrected chi connectivity index (χ4v) is 2.78. The van der Waals surface area contributed by atoms with Gasteiger partial charge in [-0.25, -0.2) is 4.98 Å². The van der Waals surface area contributed by atoms with Gasteiger partial charge in [0.1, 0.15) is 11.7 Å². The Hall–Kier alpha value is -1.76. The van der Waals surface area contributed by atoms with Crippen molar-refractivity contribution in [3.63, 3.8) is 0 Å². The molecule has 1 aromatic rings. The molecule has 7 heteroatoms. The van der Waals surface area contributed by atoms with Gasteiger partial charge in [0.25, 0.3) is 5.91 Å². The van der Waals surface area contributed by atoms with Crippen molar-refractivity contribution in [2.24, 2.45) is 5.73 Å². The van der Waals surface area contributed by atoms with Crippen LogP contribution in [0.2, 0.25) is 0 Å². The molecular weight excluding hydrogens is 266 g/mol. The highest BCUT2D eigenvalue weighted by Gasteiger charge is 2.21. The topological polar surface area (TPSA) is 94.3 Å². The molecule has 1 aliphatic rings. The molecule has 0 aromatic carbocycles. The first-order valence-electron chi connectivity index (χ1n) is 5.92. The molecule has 0 bridgehead atoms. The molecular formula is C12H15N3O3S. The number of aromatic nitrogens is 1. The highest BCUT2D eigenvalue weighted by atomic mass is 32.2. The molecule has 0 saturated carbocycles. The first kappa shape index (κ1) is 13.7. The van der Waals surface area contributed by atoms with E-state index < -0.39 is 11.8 Å². The van der Waals surface area contributed by atoms with Crippen LogP contribution in [0.3, 0.4) is 0 Å². The summed E-state index contributed by atoms with van der Waals surface area (Å²) in [5, 5.41) is 2.43. The van der Waals surface area contributed by atoms with Gasteiger partial charge in [-0.05, 0) is 24.3 Å². The van der Waals surface area contributed by atoms with Crippen LogP contribution in [0.5, 0.6) is 5.88 Å². The first-order chi connectivity index (χ1) is 9.16. The third-order valence-electron chi connectivity index (χ3n) is 2.61. The van der Waals surface area contributed by atoms with Gasteiger partial charge in [-0.15, -0.1) is 0 Å². The van der Waals surface area contributed by atoms with Gasteiger partial charge in [0.05, 0.1) is 6.54 Å². The Labute approximate surface area is 115 Å². The van der Waals surface area contributed by atoms with Gasteiger partial charge in [-0.3, -0.25) is 9.59 Å². The van der Waals surface area contributed by atoms with E-state index in [1.165, 1.54) is 0 Å². The van der Waals surface area contributed by atoms with Crippen molar-refractivity contribution in [1.82, 2.24) is 10.3 Å². The summed E-state index contributed by atoms with van der Waals surface area (Å²) in [5.74, 6) is 1.26. The van der Waals surface area contributed by atoms with Gasteiger partial charge in [-0.1, -0.05) is 0 Å². The number of amides is 2. The molecule has 2 amide bonds. The summed E-state index contributed by atoms with van der Waals surface area (Å²) in [6, 6.07) is 3.26. The van der Waals surface area contributed by atoms with Crippen LogP contribution >= 0.6 is 11.8 Å². The zero-order valence-corrected chi connectivity index (χ0v) is 11.1. The summed E-state index contributed by atoms with van der Waals surface area (Å²) in [4.78, 5) is 26.6. The number of primary amides is 1. The van der Waals surface area contributed by atoms with Crippen molar-refractivity contribution in [1.29, 1.82) is 0 Å². The van der Waals surface area contributed by atoms with Crippen molar-refractivity contribution in [2.75, 3.05) is 18.1 Å². The van der Waals surface area contributed by atoms with Crippen molar-refractivity contribution in [3.05, 3.63) is 23.9 Å². The maximum absolute atomic E-state index is 11.9. The molecule has 1 unspecified atom stereocenters. The van der Waals surface area contributed by atoms with Crippen LogP contribution < -0.4 is 15.8 Å². The number of pyridine rings is 1. The second kappa shape index (κ2) is 6.42. The Morgan fingerprint density at radius 3 is 3.11 bits per heavy atom. The average molecular weight is 281 g/mol. The van der Waals surface area contributed by atoms with Gasteiger partial charge in [0, 0.05) is 11.9 Å². The molecule has 3 N–H and O–H groups in total. The smallest absolute Gasteiger partial charge is 0.257 e. The molecule has 1 aliphatic heterocycles. The van der Waals surface area contributed by atoms with Gasteiger partial charge in [0.2, 0.25) is 11.8 Å². The van der Waals surface area contributed by atoms with Crippen molar-refractivity contribution in [3.8, 4) is 5.88 Å². The molecule has 102 valence electrons. The number of nitrogens with zero attached hydrogens (tertiary/aromatic N) is 1.